The van der Waals surface area contributed by atoms with Crippen molar-refractivity contribution in [2.75, 3.05) is 6.61 Å². The maximum atomic E-state index is 9.49. The highest BCUT2D eigenvalue weighted by Gasteiger charge is 2.37. The van der Waals surface area contributed by atoms with Crippen LogP contribution in [0, 0.1) is 5.92 Å². The minimum atomic E-state index is 0.246. The van der Waals surface area contributed by atoms with Crippen molar-refractivity contribution in [3.05, 3.63) is 59.7 Å². The van der Waals surface area contributed by atoms with Crippen LogP contribution in [-0.2, 0) is 0 Å². The Morgan fingerprint density at radius 1 is 1.00 bits per heavy atom. The number of aliphatic hydroxyl groups is 1. The molecule has 0 radical (unpaired) electrons. The van der Waals surface area contributed by atoms with Crippen LogP contribution in [0.15, 0.2) is 48.6 Å². The molecule has 0 saturated carbocycles. The van der Waals surface area contributed by atoms with Gasteiger partial charge in [0.25, 0.3) is 0 Å². The SMILES string of the molecule is OCC1c2ccccc2C2C=CC=C[C@H]21. The minimum Gasteiger partial charge on any atom is -0.396 e. The molecule has 1 aromatic rings. The van der Waals surface area contributed by atoms with Gasteiger partial charge in [0.15, 0.2) is 0 Å². The summed E-state index contributed by atoms with van der Waals surface area (Å²) >= 11 is 0. The van der Waals surface area contributed by atoms with Gasteiger partial charge in [-0.1, -0.05) is 48.6 Å². The molecule has 0 spiro atoms. The lowest BCUT2D eigenvalue weighted by Gasteiger charge is -2.20. The largest absolute Gasteiger partial charge is 0.396 e. The van der Waals surface area contributed by atoms with Crippen molar-refractivity contribution in [2.24, 2.45) is 5.92 Å². The monoisotopic (exact) mass is 198 g/mol. The third kappa shape index (κ3) is 1.20. The third-order valence-corrected chi connectivity index (χ3v) is 3.59. The Bertz CT molecular complexity index is 431. The topological polar surface area (TPSA) is 20.2 Å². The summed E-state index contributed by atoms with van der Waals surface area (Å²) in [6.45, 7) is 0.246. The van der Waals surface area contributed by atoms with Crippen molar-refractivity contribution in [3.63, 3.8) is 0 Å². The van der Waals surface area contributed by atoms with Gasteiger partial charge < -0.3 is 5.11 Å². The molecule has 1 heteroatoms. The summed E-state index contributed by atoms with van der Waals surface area (Å²) in [5.74, 6) is 1.22. The van der Waals surface area contributed by atoms with Crippen molar-refractivity contribution in [2.45, 2.75) is 11.8 Å². The molecule has 0 fully saturated rings. The summed E-state index contributed by atoms with van der Waals surface area (Å²) in [5.41, 5.74) is 2.72. The first-order valence-electron chi connectivity index (χ1n) is 5.46. The van der Waals surface area contributed by atoms with Crippen molar-refractivity contribution < 1.29 is 5.11 Å². The standard InChI is InChI=1S/C14H14O/c15-9-14-12-7-3-1-5-10(12)11-6-2-4-8-13(11)14/h1-8,10,12,14-15H,9H2/t10?,12-,14?/m1/s1. The van der Waals surface area contributed by atoms with Crippen molar-refractivity contribution >= 4 is 0 Å². The molecule has 0 bridgehead atoms. The number of hydrogen-bond acceptors (Lipinski definition) is 1. The normalized spacial score (nSPS) is 31.4. The van der Waals surface area contributed by atoms with Gasteiger partial charge in [-0.3, -0.25) is 0 Å². The summed E-state index contributed by atoms with van der Waals surface area (Å²) in [7, 11) is 0. The Labute approximate surface area is 89.8 Å². The molecule has 76 valence electrons. The smallest absolute Gasteiger partial charge is 0.0505 e. The molecule has 15 heavy (non-hydrogen) atoms. The summed E-state index contributed by atoms with van der Waals surface area (Å²) < 4.78 is 0. The summed E-state index contributed by atoms with van der Waals surface area (Å²) in [5, 5.41) is 9.49. The van der Waals surface area contributed by atoms with Crippen LogP contribution in [0.5, 0.6) is 0 Å². The lowest BCUT2D eigenvalue weighted by molar-refractivity contribution is 0.244. The maximum absolute atomic E-state index is 9.49. The molecular formula is C14H14O. The number of hydrogen-bond donors (Lipinski definition) is 1. The molecule has 3 atom stereocenters. The van der Waals surface area contributed by atoms with E-state index >= 15 is 0 Å². The van der Waals surface area contributed by atoms with Crippen molar-refractivity contribution in [1.29, 1.82) is 0 Å². The molecule has 0 aliphatic heterocycles. The van der Waals surface area contributed by atoms with Gasteiger partial charge in [0, 0.05) is 11.8 Å². The molecule has 2 aliphatic carbocycles. The fourth-order valence-electron chi connectivity index (χ4n) is 2.90. The lowest BCUT2D eigenvalue weighted by atomic mass is 9.84. The Morgan fingerprint density at radius 2 is 1.73 bits per heavy atom. The predicted molar refractivity (Wildman–Crippen MR) is 60.8 cm³/mol. The first-order valence-corrected chi connectivity index (χ1v) is 5.46. The maximum Gasteiger partial charge on any atom is 0.0505 e. The Morgan fingerprint density at radius 3 is 2.53 bits per heavy atom. The summed E-state index contributed by atoms with van der Waals surface area (Å²) in [6.07, 6.45) is 8.68. The second-order valence-corrected chi connectivity index (χ2v) is 4.29. The molecule has 2 unspecified atom stereocenters. The first kappa shape index (κ1) is 8.93. The van der Waals surface area contributed by atoms with E-state index in [4.69, 9.17) is 0 Å². The molecule has 0 heterocycles. The quantitative estimate of drug-likeness (QED) is 0.735. The first-order chi connectivity index (χ1) is 7.42. The van der Waals surface area contributed by atoms with Crippen LogP contribution in [0.25, 0.3) is 0 Å². The number of aliphatic hydroxyl groups excluding tert-OH is 1. The molecule has 0 aromatic heterocycles. The van der Waals surface area contributed by atoms with E-state index in [2.05, 4.69) is 48.6 Å². The zero-order chi connectivity index (χ0) is 10.3. The van der Waals surface area contributed by atoms with Gasteiger partial charge in [0.2, 0.25) is 0 Å². The molecule has 3 rings (SSSR count). The zero-order valence-electron chi connectivity index (χ0n) is 8.51. The number of rotatable bonds is 1. The highest BCUT2D eigenvalue weighted by atomic mass is 16.3. The second-order valence-electron chi connectivity index (χ2n) is 4.29. The highest BCUT2D eigenvalue weighted by molar-refractivity contribution is 5.46. The average molecular weight is 198 g/mol. The van der Waals surface area contributed by atoms with E-state index in [-0.39, 0.29) is 12.5 Å². The second kappa shape index (κ2) is 3.35. The van der Waals surface area contributed by atoms with Crippen LogP contribution < -0.4 is 0 Å². The summed E-state index contributed by atoms with van der Waals surface area (Å²) in [4.78, 5) is 0. The van der Waals surface area contributed by atoms with Crippen molar-refractivity contribution in [1.82, 2.24) is 0 Å². The zero-order valence-corrected chi connectivity index (χ0v) is 8.51. The van der Waals surface area contributed by atoms with Gasteiger partial charge in [-0.05, 0) is 17.0 Å². The highest BCUT2D eigenvalue weighted by Crippen LogP contribution is 2.48. The van der Waals surface area contributed by atoms with Gasteiger partial charge in [0.05, 0.1) is 6.61 Å². The van der Waals surface area contributed by atoms with E-state index in [0.717, 1.165) is 0 Å². The molecule has 0 saturated heterocycles. The Kier molecular flexibility index (Phi) is 2.00. The average Bonchev–Trinajstić information content (AvgIpc) is 2.63. The van der Waals surface area contributed by atoms with Gasteiger partial charge in [-0.25, -0.2) is 0 Å². The van der Waals surface area contributed by atoms with Crippen LogP contribution >= 0.6 is 0 Å². The fourth-order valence-corrected chi connectivity index (χ4v) is 2.90. The molecule has 1 nitrogen and oxygen atoms in total. The predicted octanol–water partition coefficient (Wildman–Crippen LogP) is 2.60. The molecule has 0 amide bonds. The van der Waals surface area contributed by atoms with Gasteiger partial charge in [-0.15, -0.1) is 0 Å². The van der Waals surface area contributed by atoms with Crippen LogP contribution in [0.2, 0.25) is 0 Å². The van der Waals surface area contributed by atoms with E-state index in [1.807, 2.05) is 0 Å². The van der Waals surface area contributed by atoms with E-state index in [1.165, 1.54) is 11.1 Å². The summed E-state index contributed by atoms with van der Waals surface area (Å²) in [6, 6.07) is 8.48. The van der Waals surface area contributed by atoms with Crippen LogP contribution in [0.4, 0.5) is 0 Å². The van der Waals surface area contributed by atoms with Crippen LogP contribution in [0.1, 0.15) is 23.0 Å². The molecule has 1 aromatic carbocycles. The molecule has 2 aliphatic rings. The van der Waals surface area contributed by atoms with Crippen LogP contribution in [0.3, 0.4) is 0 Å². The number of allylic oxidation sites excluding steroid dienone is 4. The van der Waals surface area contributed by atoms with Crippen molar-refractivity contribution in [3.8, 4) is 0 Å². The van der Waals surface area contributed by atoms with E-state index < -0.39 is 0 Å². The Balaban J connectivity index is 2.14. The van der Waals surface area contributed by atoms with Gasteiger partial charge >= 0.3 is 0 Å². The number of benzene rings is 1. The Hall–Kier alpha value is -1.34. The van der Waals surface area contributed by atoms with E-state index in [1.54, 1.807) is 0 Å². The fraction of sp³-hybridized carbons (Fsp3) is 0.286. The van der Waals surface area contributed by atoms with Crippen LogP contribution in [-0.4, -0.2) is 11.7 Å². The minimum absolute atomic E-state index is 0.246. The van der Waals surface area contributed by atoms with Gasteiger partial charge in [0.1, 0.15) is 0 Å². The van der Waals surface area contributed by atoms with E-state index in [0.29, 0.717) is 11.8 Å². The lowest BCUT2D eigenvalue weighted by Crippen LogP contribution is -2.13. The molecular weight excluding hydrogens is 184 g/mol. The number of fused-ring (bicyclic) bond motifs is 3. The third-order valence-electron chi connectivity index (χ3n) is 3.59. The van der Waals surface area contributed by atoms with Gasteiger partial charge in [-0.2, -0.15) is 0 Å². The molecule has 1 N–H and O–H groups in total. The van der Waals surface area contributed by atoms with E-state index in [9.17, 15) is 5.11 Å².